The molecule has 0 saturated carbocycles. The average Bonchev–Trinajstić information content (AvgIpc) is 2.34. The number of aliphatic hydroxyl groups excluding tert-OH is 1. The molecule has 0 radical (unpaired) electrons. The van der Waals surface area contributed by atoms with E-state index in [9.17, 15) is 0 Å². The quantitative estimate of drug-likeness (QED) is 0.790. The summed E-state index contributed by atoms with van der Waals surface area (Å²) in [5.41, 5.74) is 1.25. The Morgan fingerprint density at radius 1 is 1.42 bits per heavy atom. The summed E-state index contributed by atoms with van der Waals surface area (Å²) in [6, 6.07) is 0. The third-order valence-corrected chi connectivity index (χ3v) is 1.37. The van der Waals surface area contributed by atoms with Gasteiger partial charge in [-0.05, 0) is 6.42 Å². The molecule has 0 aromatic rings. The molecule has 0 aromatic carbocycles. The summed E-state index contributed by atoms with van der Waals surface area (Å²) >= 11 is 0. The topological polar surface area (TPSA) is 20.2 Å². The Kier molecular flexibility index (Phi) is 18.5. The van der Waals surface area contributed by atoms with Crippen LogP contribution in [-0.2, 0) is 26.2 Å². The van der Waals surface area contributed by atoms with Crippen LogP contribution in [0, 0.1) is 6.08 Å². The standard InChI is InChI=1S/C8H11O.2ClH.Zr/c9-7-3-6-8-4-1-2-5-8;;;/h1,4,9H,2-3,6-7H2;2*1H;/q-1;;;. The summed E-state index contributed by atoms with van der Waals surface area (Å²) < 4.78 is 0. The molecule has 1 rings (SSSR count). The van der Waals surface area contributed by atoms with E-state index < -0.39 is 0 Å². The van der Waals surface area contributed by atoms with Crippen LogP contribution >= 0.6 is 24.8 Å². The zero-order valence-corrected chi connectivity index (χ0v) is 10.8. The van der Waals surface area contributed by atoms with Crippen molar-refractivity contribution in [3.8, 4) is 0 Å². The van der Waals surface area contributed by atoms with Crippen LogP contribution < -0.4 is 0 Å². The SMILES string of the molecule is Cl.Cl.OCCCC1=[C-]CC=C1.[Zr]. The summed E-state index contributed by atoms with van der Waals surface area (Å²) in [5.74, 6) is 0. The molecule has 0 unspecified atom stereocenters. The first kappa shape index (κ1) is 18.6. The van der Waals surface area contributed by atoms with Gasteiger partial charge >= 0.3 is 0 Å². The molecule has 1 N–H and O–H groups in total. The number of allylic oxidation sites excluding steroid dienone is 4. The van der Waals surface area contributed by atoms with Gasteiger partial charge in [-0.25, -0.2) is 11.6 Å². The van der Waals surface area contributed by atoms with E-state index in [4.69, 9.17) is 5.11 Å². The van der Waals surface area contributed by atoms with Crippen molar-refractivity contribution < 1.29 is 31.3 Å². The molecule has 0 bridgehead atoms. The maximum Gasteiger partial charge on any atom is 0.0433 e. The Labute approximate surface area is 105 Å². The summed E-state index contributed by atoms with van der Waals surface area (Å²) in [7, 11) is 0. The van der Waals surface area contributed by atoms with E-state index in [0.29, 0.717) is 6.61 Å². The van der Waals surface area contributed by atoms with Crippen LogP contribution in [0.4, 0.5) is 0 Å². The fraction of sp³-hybridized carbons (Fsp3) is 0.500. The van der Waals surface area contributed by atoms with Gasteiger partial charge in [-0.2, -0.15) is 6.08 Å². The van der Waals surface area contributed by atoms with Gasteiger partial charge < -0.3 is 5.11 Å². The summed E-state index contributed by atoms with van der Waals surface area (Å²) in [5, 5.41) is 8.46. The van der Waals surface area contributed by atoms with Crippen LogP contribution in [0.15, 0.2) is 17.7 Å². The molecule has 0 aromatic heterocycles. The van der Waals surface area contributed by atoms with Crippen molar-refractivity contribution in [3.63, 3.8) is 0 Å². The van der Waals surface area contributed by atoms with Gasteiger partial charge in [-0.3, -0.25) is 6.08 Å². The van der Waals surface area contributed by atoms with E-state index in [-0.39, 0.29) is 51.0 Å². The van der Waals surface area contributed by atoms with Gasteiger partial charge in [0.1, 0.15) is 0 Å². The Balaban J connectivity index is -0.000000270. The molecule has 70 valence electrons. The molecule has 0 amide bonds. The van der Waals surface area contributed by atoms with E-state index in [2.05, 4.69) is 18.2 Å². The second-order valence-electron chi connectivity index (χ2n) is 2.14. The predicted octanol–water partition coefficient (Wildman–Crippen LogP) is 2.29. The largest absolute Gasteiger partial charge is 0.396 e. The van der Waals surface area contributed by atoms with Crippen LogP contribution in [-0.4, -0.2) is 11.7 Å². The minimum atomic E-state index is 0. The van der Waals surface area contributed by atoms with Gasteiger partial charge in [-0.15, -0.1) is 31.2 Å². The number of rotatable bonds is 3. The number of hydrogen-bond donors (Lipinski definition) is 1. The molecular formula is C8H13Cl2OZr-. The second-order valence-corrected chi connectivity index (χ2v) is 2.14. The summed E-state index contributed by atoms with van der Waals surface area (Å²) in [6.07, 6.45) is 10.2. The third-order valence-electron chi connectivity index (χ3n) is 1.37. The van der Waals surface area contributed by atoms with Crippen molar-refractivity contribution in [1.82, 2.24) is 0 Å². The fourth-order valence-corrected chi connectivity index (χ4v) is 0.891. The Hall–Kier alpha value is 0.903. The van der Waals surface area contributed by atoms with E-state index in [0.717, 1.165) is 19.3 Å². The maximum atomic E-state index is 8.46. The number of halogens is 2. The second kappa shape index (κ2) is 11.9. The molecule has 4 heteroatoms. The van der Waals surface area contributed by atoms with Crippen molar-refractivity contribution in [2.24, 2.45) is 0 Å². The molecule has 0 saturated heterocycles. The van der Waals surface area contributed by atoms with Gasteiger partial charge in [0.2, 0.25) is 0 Å². The van der Waals surface area contributed by atoms with Gasteiger partial charge in [0, 0.05) is 32.8 Å². The summed E-state index contributed by atoms with van der Waals surface area (Å²) in [4.78, 5) is 0. The predicted molar refractivity (Wildman–Crippen MR) is 51.3 cm³/mol. The van der Waals surface area contributed by atoms with Crippen LogP contribution in [0.5, 0.6) is 0 Å². The zero-order valence-electron chi connectivity index (χ0n) is 6.75. The molecule has 0 spiro atoms. The van der Waals surface area contributed by atoms with E-state index in [1.165, 1.54) is 5.57 Å². The first-order chi connectivity index (χ1) is 4.43. The third kappa shape index (κ3) is 7.55. The van der Waals surface area contributed by atoms with Crippen molar-refractivity contribution in [2.75, 3.05) is 6.61 Å². The normalized spacial score (nSPS) is 12.2. The molecule has 1 aliphatic carbocycles. The maximum absolute atomic E-state index is 8.46. The average molecular weight is 287 g/mol. The molecule has 0 heterocycles. The van der Waals surface area contributed by atoms with E-state index in [1.807, 2.05) is 0 Å². The fourth-order valence-electron chi connectivity index (χ4n) is 0.891. The summed E-state index contributed by atoms with van der Waals surface area (Å²) in [6.45, 7) is 0.291. The minimum Gasteiger partial charge on any atom is -0.396 e. The van der Waals surface area contributed by atoms with Gasteiger partial charge in [0.05, 0.1) is 0 Å². The van der Waals surface area contributed by atoms with Crippen molar-refractivity contribution in [3.05, 3.63) is 23.8 Å². The van der Waals surface area contributed by atoms with Crippen LogP contribution in [0.2, 0.25) is 0 Å². The monoisotopic (exact) mass is 285 g/mol. The van der Waals surface area contributed by atoms with Crippen LogP contribution in [0.3, 0.4) is 0 Å². The molecule has 0 atom stereocenters. The Morgan fingerprint density at radius 3 is 2.50 bits per heavy atom. The van der Waals surface area contributed by atoms with Gasteiger partial charge in [-0.1, -0.05) is 6.42 Å². The van der Waals surface area contributed by atoms with Gasteiger partial charge in [0.15, 0.2) is 0 Å². The minimum absolute atomic E-state index is 0. The van der Waals surface area contributed by atoms with Crippen molar-refractivity contribution in [2.45, 2.75) is 19.3 Å². The number of hydrogen-bond acceptors (Lipinski definition) is 1. The van der Waals surface area contributed by atoms with Crippen LogP contribution in [0.1, 0.15) is 19.3 Å². The van der Waals surface area contributed by atoms with Gasteiger partial charge in [0.25, 0.3) is 0 Å². The number of aliphatic hydroxyl groups is 1. The molecule has 12 heavy (non-hydrogen) atoms. The van der Waals surface area contributed by atoms with Crippen molar-refractivity contribution >= 4 is 24.8 Å². The molecule has 0 aliphatic heterocycles. The first-order valence-electron chi connectivity index (χ1n) is 3.30. The zero-order chi connectivity index (χ0) is 6.53. The smallest absolute Gasteiger partial charge is 0.0433 e. The molecule has 1 nitrogen and oxygen atoms in total. The molecule has 1 aliphatic rings. The Morgan fingerprint density at radius 2 is 2.08 bits per heavy atom. The first-order valence-corrected chi connectivity index (χ1v) is 3.30. The Bertz CT molecular complexity index is 146. The molecule has 0 fully saturated rings. The van der Waals surface area contributed by atoms with E-state index >= 15 is 0 Å². The van der Waals surface area contributed by atoms with E-state index in [1.54, 1.807) is 0 Å². The van der Waals surface area contributed by atoms with Crippen molar-refractivity contribution in [1.29, 1.82) is 0 Å². The van der Waals surface area contributed by atoms with Crippen LogP contribution in [0.25, 0.3) is 0 Å². The molecular weight excluding hydrogens is 274 g/mol.